The lowest BCUT2D eigenvalue weighted by Crippen LogP contribution is -2.25. The number of ketones is 1. The summed E-state index contributed by atoms with van der Waals surface area (Å²) in [5.74, 6) is -1.44. The number of benzene rings is 3. The monoisotopic (exact) mass is 430 g/mol. The Hall–Kier alpha value is -4.46. The zero-order valence-electron chi connectivity index (χ0n) is 16.8. The van der Waals surface area contributed by atoms with E-state index in [1.54, 1.807) is 54.6 Å². The molecule has 0 spiro atoms. The summed E-state index contributed by atoms with van der Waals surface area (Å²) in [6, 6.07) is 19.5. The van der Waals surface area contributed by atoms with E-state index in [1.807, 2.05) is 0 Å². The van der Waals surface area contributed by atoms with Crippen molar-refractivity contribution < 1.29 is 28.7 Å². The molecule has 3 aromatic carbocycles. The van der Waals surface area contributed by atoms with Gasteiger partial charge in [-0.2, -0.15) is 0 Å². The van der Waals surface area contributed by atoms with Crippen molar-refractivity contribution >= 4 is 34.9 Å². The summed E-state index contributed by atoms with van der Waals surface area (Å²) in [6.45, 7) is -0.592. The fourth-order valence-electron chi connectivity index (χ4n) is 3.10. The number of carbonyl (C=O) groups is 4. The van der Waals surface area contributed by atoms with Crippen LogP contribution < -0.4 is 15.4 Å². The fourth-order valence-corrected chi connectivity index (χ4v) is 3.10. The molecule has 0 saturated heterocycles. The van der Waals surface area contributed by atoms with Crippen LogP contribution in [0.25, 0.3) is 0 Å². The van der Waals surface area contributed by atoms with Crippen molar-refractivity contribution in [3.8, 4) is 5.75 Å². The van der Waals surface area contributed by atoms with Gasteiger partial charge in [0.05, 0.1) is 16.9 Å². The number of esters is 1. The van der Waals surface area contributed by atoms with Crippen molar-refractivity contribution in [3.05, 3.63) is 89.5 Å². The van der Waals surface area contributed by atoms with E-state index in [4.69, 9.17) is 9.47 Å². The van der Waals surface area contributed by atoms with Crippen LogP contribution in [0.3, 0.4) is 0 Å². The van der Waals surface area contributed by atoms with E-state index in [0.717, 1.165) is 0 Å². The number of ether oxygens (including phenoxy) is 2. The molecular weight excluding hydrogens is 412 g/mol. The van der Waals surface area contributed by atoms with Crippen LogP contribution in [0.5, 0.6) is 5.75 Å². The normalized spacial score (nSPS) is 12.1. The van der Waals surface area contributed by atoms with Gasteiger partial charge in [-0.15, -0.1) is 0 Å². The Morgan fingerprint density at radius 2 is 1.69 bits per heavy atom. The van der Waals surface area contributed by atoms with E-state index in [2.05, 4.69) is 10.6 Å². The molecule has 1 heterocycles. The SMILES string of the molecule is O=C1COc2ccc(C(=O)COC(=O)c3ccccc3NC(=O)c3ccccc3)cc2N1. The molecule has 4 rings (SSSR count). The number of para-hydroxylation sites is 1. The molecule has 1 aliphatic rings. The average molecular weight is 430 g/mol. The van der Waals surface area contributed by atoms with Gasteiger partial charge in [0.2, 0.25) is 0 Å². The Labute approximate surface area is 183 Å². The summed E-state index contributed by atoms with van der Waals surface area (Å²) in [6.07, 6.45) is 0. The number of anilines is 2. The van der Waals surface area contributed by atoms with Gasteiger partial charge in [0.1, 0.15) is 5.75 Å². The Morgan fingerprint density at radius 1 is 0.938 bits per heavy atom. The van der Waals surface area contributed by atoms with E-state index in [9.17, 15) is 19.2 Å². The van der Waals surface area contributed by atoms with Crippen molar-refractivity contribution in [1.82, 2.24) is 0 Å². The fraction of sp³-hybridized carbons (Fsp3) is 0.0833. The van der Waals surface area contributed by atoms with E-state index in [-0.39, 0.29) is 35.2 Å². The van der Waals surface area contributed by atoms with Gasteiger partial charge >= 0.3 is 5.97 Å². The first-order chi connectivity index (χ1) is 15.5. The van der Waals surface area contributed by atoms with Crippen LogP contribution >= 0.6 is 0 Å². The second kappa shape index (κ2) is 9.13. The van der Waals surface area contributed by atoms with Crippen LogP contribution in [0.4, 0.5) is 11.4 Å². The Morgan fingerprint density at radius 3 is 2.50 bits per heavy atom. The molecule has 0 fully saturated rings. The van der Waals surface area contributed by atoms with Crippen molar-refractivity contribution in [2.45, 2.75) is 0 Å². The van der Waals surface area contributed by atoms with E-state index < -0.39 is 18.4 Å². The van der Waals surface area contributed by atoms with Gasteiger partial charge in [0, 0.05) is 11.1 Å². The van der Waals surface area contributed by atoms with Crippen LogP contribution in [0.15, 0.2) is 72.8 Å². The molecule has 8 heteroatoms. The van der Waals surface area contributed by atoms with Gasteiger partial charge in [-0.25, -0.2) is 4.79 Å². The highest BCUT2D eigenvalue weighted by molar-refractivity contribution is 6.08. The first-order valence-corrected chi connectivity index (χ1v) is 9.74. The lowest BCUT2D eigenvalue weighted by atomic mass is 10.1. The smallest absolute Gasteiger partial charge is 0.340 e. The maximum atomic E-state index is 12.6. The topological polar surface area (TPSA) is 111 Å². The Kier molecular flexibility index (Phi) is 5.94. The molecule has 0 aromatic heterocycles. The van der Waals surface area contributed by atoms with Gasteiger partial charge in [0.15, 0.2) is 19.0 Å². The maximum Gasteiger partial charge on any atom is 0.340 e. The summed E-state index contributed by atoms with van der Waals surface area (Å²) in [5.41, 5.74) is 1.47. The summed E-state index contributed by atoms with van der Waals surface area (Å²) in [4.78, 5) is 49.0. The molecule has 0 unspecified atom stereocenters. The maximum absolute atomic E-state index is 12.6. The number of Topliss-reactive ketones (excluding diaryl/α,β-unsaturated/α-hetero) is 1. The molecule has 0 radical (unpaired) electrons. The summed E-state index contributed by atoms with van der Waals surface area (Å²) in [5, 5.41) is 5.31. The van der Waals surface area contributed by atoms with Gasteiger partial charge in [-0.3, -0.25) is 14.4 Å². The highest BCUT2D eigenvalue weighted by atomic mass is 16.5. The largest absolute Gasteiger partial charge is 0.482 e. The number of hydrogen-bond donors (Lipinski definition) is 2. The minimum Gasteiger partial charge on any atom is -0.482 e. The van der Waals surface area contributed by atoms with Crippen LogP contribution in [-0.4, -0.2) is 36.8 Å². The minimum absolute atomic E-state index is 0.0852. The van der Waals surface area contributed by atoms with Gasteiger partial charge in [-0.05, 0) is 42.5 Å². The number of hydrogen-bond acceptors (Lipinski definition) is 6. The molecule has 2 N–H and O–H groups in total. The van der Waals surface area contributed by atoms with Crippen LogP contribution in [-0.2, 0) is 9.53 Å². The van der Waals surface area contributed by atoms with Crippen molar-refractivity contribution in [1.29, 1.82) is 0 Å². The summed E-state index contributed by atoms with van der Waals surface area (Å²) < 4.78 is 10.4. The standard InChI is InChI=1S/C24H18N2O6/c27-20(16-10-11-21-19(12-16)25-22(28)14-31-21)13-32-24(30)17-8-4-5-9-18(17)26-23(29)15-6-2-1-3-7-15/h1-12H,13-14H2,(H,25,28)(H,26,29). The third-order valence-corrected chi connectivity index (χ3v) is 4.70. The van der Waals surface area contributed by atoms with Crippen molar-refractivity contribution in [2.24, 2.45) is 0 Å². The molecular formula is C24H18N2O6. The van der Waals surface area contributed by atoms with E-state index in [0.29, 0.717) is 17.0 Å². The van der Waals surface area contributed by atoms with Gasteiger partial charge in [0.25, 0.3) is 11.8 Å². The number of carbonyl (C=O) groups excluding carboxylic acids is 4. The Balaban J connectivity index is 1.42. The van der Waals surface area contributed by atoms with Crippen molar-refractivity contribution in [2.75, 3.05) is 23.8 Å². The zero-order chi connectivity index (χ0) is 22.5. The summed E-state index contributed by atoms with van der Waals surface area (Å²) in [7, 11) is 0. The molecule has 1 aliphatic heterocycles. The van der Waals surface area contributed by atoms with E-state index in [1.165, 1.54) is 18.2 Å². The highest BCUT2D eigenvalue weighted by Gasteiger charge is 2.20. The quantitative estimate of drug-likeness (QED) is 0.459. The van der Waals surface area contributed by atoms with Gasteiger partial charge < -0.3 is 20.1 Å². The molecule has 0 saturated carbocycles. The predicted molar refractivity (Wildman–Crippen MR) is 116 cm³/mol. The minimum atomic E-state index is -0.753. The lowest BCUT2D eigenvalue weighted by molar-refractivity contribution is -0.118. The van der Waals surface area contributed by atoms with Crippen molar-refractivity contribution in [3.63, 3.8) is 0 Å². The van der Waals surface area contributed by atoms with Crippen LogP contribution in [0.1, 0.15) is 31.1 Å². The number of amides is 2. The lowest BCUT2D eigenvalue weighted by Gasteiger charge is -2.18. The molecule has 0 atom stereocenters. The molecule has 32 heavy (non-hydrogen) atoms. The molecule has 8 nitrogen and oxygen atoms in total. The predicted octanol–water partition coefficient (Wildman–Crippen LogP) is 3.31. The first kappa shape index (κ1) is 20.8. The average Bonchev–Trinajstić information content (AvgIpc) is 2.82. The van der Waals surface area contributed by atoms with Crippen LogP contribution in [0.2, 0.25) is 0 Å². The highest BCUT2D eigenvalue weighted by Crippen LogP contribution is 2.28. The number of nitrogens with one attached hydrogen (secondary N) is 2. The Bertz CT molecular complexity index is 1210. The molecule has 0 bridgehead atoms. The van der Waals surface area contributed by atoms with Crippen LogP contribution in [0, 0.1) is 0 Å². The second-order valence-corrected chi connectivity index (χ2v) is 6.91. The van der Waals surface area contributed by atoms with E-state index >= 15 is 0 Å². The zero-order valence-corrected chi connectivity index (χ0v) is 16.8. The molecule has 0 aliphatic carbocycles. The van der Waals surface area contributed by atoms with Gasteiger partial charge in [-0.1, -0.05) is 30.3 Å². The number of fused-ring (bicyclic) bond motifs is 1. The summed E-state index contributed by atoms with van der Waals surface area (Å²) >= 11 is 0. The first-order valence-electron chi connectivity index (χ1n) is 9.74. The molecule has 3 aromatic rings. The molecule has 2 amide bonds. The second-order valence-electron chi connectivity index (χ2n) is 6.91. The third kappa shape index (κ3) is 4.65. The number of rotatable bonds is 6. The third-order valence-electron chi connectivity index (χ3n) is 4.70. The molecule has 160 valence electrons.